The van der Waals surface area contributed by atoms with E-state index in [0.717, 1.165) is 21.6 Å². The number of likely N-dealkylation sites (tertiary alicyclic amines) is 1. The molecule has 3 aromatic rings. The predicted molar refractivity (Wildman–Crippen MR) is 158 cm³/mol. The van der Waals surface area contributed by atoms with Crippen LogP contribution in [0.4, 0.5) is 14.9 Å². The molecule has 10 nitrogen and oxygen atoms in total. The van der Waals surface area contributed by atoms with E-state index in [0.29, 0.717) is 38.9 Å². The van der Waals surface area contributed by atoms with Gasteiger partial charge < -0.3 is 19.9 Å². The number of amides is 3. The van der Waals surface area contributed by atoms with Crippen LogP contribution in [0.2, 0.25) is 5.02 Å². The zero-order valence-electron chi connectivity index (χ0n) is 23.7. The average molecular weight is 598 g/mol. The van der Waals surface area contributed by atoms with E-state index in [1.165, 1.54) is 29.0 Å². The fraction of sp³-hybridized carbons (Fsp3) is 0.400. The highest BCUT2D eigenvalue weighted by Crippen LogP contribution is 2.29. The predicted octanol–water partition coefficient (Wildman–Crippen LogP) is 4.14. The van der Waals surface area contributed by atoms with E-state index < -0.39 is 23.1 Å². The molecule has 1 fully saturated rings. The van der Waals surface area contributed by atoms with Crippen molar-refractivity contribution in [1.82, 2.24) is 18.9 Å². The summed E-state index contributed by atoms with van der Waals surface area (Å²) in [5, 5.41) is 2.76. The molecule has 0 aliphatic carbocycles. The van der Waals surface area contributed by atoms with Gasteiger partial charge in [-0.2, -0.15) is 0 Å². The summed E-state index contributed by atoms with van der Waals surface area (Å²) in [7, 11) is 1.61. The van der Waals surface area contributed by atoms with Crippen LogP contribution in [0.5, 0.6) is 5.75 Å². The molecule has 2 aliphatic heterocycles. The van der Waals surface area contributed by atoms with Gasteiger partial charge in [-0.05, 0) is 62.9 Å². The Morgan fingerprint density at radius 1 is 1.10 bits per heavy atom. The number of rotatable bonds is 6. The number of urea groups is 1. The number of hydrogen-bond donors (Lipinski definition) is 1. The Balaban J connectivity index is 1.30. The van der Waals surface area contributed by atoms with Gasteiger partial charge in [0.2, 0.25) is 5.91 Å². The van der Waals surface area contributed by atoms with Crippen LogP contribution in [-0.4, -0.2) is 63.7 Å². The number of hydrogen-bond acceptors (Lipinski definition) is 5. The molecular formula is C30H33ClFN5O5. The molecule has 12 heteroatoms. The van der Waals surface area contributed by atoms with Crippen LogP contribution in [0.1, 0.15) is 38.3 Å². The molecule has 1 N–H and O–H groups in total. The number of benzene rings is 2. The Hall–Kier alpha value is -4.12. The maximum absolute atomic E-state index is 14.2. The number of ether oxygens (including phenoxy) is 1. The molecule has 0 unspecified atom stereocenters. The highest BCUT2D eigenvalue weighted by molar-refractivity contribution is 6.33. The Kier molecular flexibility index (Phi) is 8.40. The minimum atomic E-state index is -0.692. The van der Waals surface area contributed by atoms with Gasteiger partial charge in [0.05, 0.1) is 17.7 Å². The molecule has 0 spiro atoms. The van der Waals surface area contributed by atoms with Crippen molar-refractivity contribution in [2.75, 3.05) is 32.1 Å². The second-order valence-electron chi connectivity index (χ2n) is 10.8. The first-order valence-corrected chi connectivity index (χ1v) is 14.3. The average Bonchev–Trinajstić information content (AvgIpc) is 3.13. The molecule has 0 bridgehead atoms. The van der Waals surface area contributed by atoms with Gasteiger partial charge in [0, 0.05) is 49.2 Å². The molecule has 0 radical (unpaired) electrons. The summed E-state index contributed by atoms with van der Waals surface area (Å²) in [4.78, 5) is 56.3. The second-order valence-corrected chi connectivity index (χ2v) is 11.2. The number of carbonyl (C=O) groups is 2. The Bertz CT molecular complexity index is 1640. The molecule has 0 atom stereocenters. The molecule has 42 heavy (non-hydrogen) atoms. The number of nitrogens with zero attached hydrogens (tertiary/aromatic N) is 4. The van der Waals surface area contributed by atoms with Crippen LogP contribution in [0, 0.1) is 5.82 Å². The van der Waals surface area contributed by atoms with Crippen LogP contribution in [0.25, 0.3) is 11.1 Å². The zero-order valence-corrected chi connectivity index (χ0v) is 24.5. The van der Waals surface area contributed by atoms with Crippen LogP contribution in [0.15, 0.2) is 52.2 Å². The van der Waals surface area contributed by atoms with Gasteiger partial charge in [0.1, 0.15) is 18.1 Å². The lowest BCUT2D eigenvalue weighted by molar-refractivity contribution is -0.133. The van der Waals surface area contributed by atoms with E-state index in [2.05, 4.69) is 5.32 Å². The van der Waals surface area contributed by atoms with E-state index in [1.54, 1.807) is 25.9 Å². The van der Waals surface area contributed by atoms with Crippen LogP contribution < -0.4 is 21.3 Å². The molecule has 1 saturated heterocycles. The Labute approximate surface area is 247 Å². The first kappa shape index (κ1) is 29.4. The van der Waals surface area contributed by atoms with E-state index >= 15 is 0 Å². The summed E-state index contributed by atoms with van der Waals surface area (Å²) < 4.78 is 21.7. The van der Waals surface area contributed by atoms with Gasteiger partial charge in [-0.25, -0.2) is 14.0 Å². The fourth-order valence-electron chi connectivity index (χ4n) is 5.66. The van der Waals surface area contributed by atoms with Crippen molar-refractivity contribution >= 4 is 29.2 Å². The first-order valence-electron chi connectivity index (χ1n) is 13.9. The normalized spacial score (nSPS) is 15.8. The number of methoxy groups -OCH3 is 1. The van der Waals surface area contributed by atoms with E-state index in [1.807, 2.05) is 23.1 Å². The summed E-state index contributed by atoms with van der Waals surface area (Å²) in [6.45, 7) is 4.44. The lowest BCUT2D eigenvalue weighted by Gasteiger charge is -2.38. The third-order valence-corrected chi connectivity index (χ3v) is 8.33. The SMILES string of the molecule is COc1ccc2c(c1)CCN(C1CCN(C(=O)Cn3cc(-c4cccc(F)c4Cl)c(=O)n(C(C)C)c3=O)CC1)C(=O)N2. The van der Waals surface area contributed by atoms with Gasteiger partial charge in [0.15, 0.2) is 0 Å². The minimum Gasteiger partial charge on any atom is -0.497 e. The minimum absolute atomic E-state index is 0.0325. The molecule has 222 valence electrons. The van der Waals surface area contributed by atoms with Crippen LogP contribution in [0.3, 0.4) is 0 Å². The highest BCUT2D eigenvalue weighted by atomic mass is 35.5. The molecule has 2 aromatic carbocycles. The highest BCUT2D eigenvalue weighted by Gasteiger charge is 2.32. The van der Waals surface area contributed by atoms with Crippen molar-refractivity contribution in [3.8, 4) is 16.9 Å². The third kappa shape index (κ3) is 5.65. The number of fused-ring (bicyclic) bond motifs is 1. The number of carbonyl (C=O) groups excluding carboxylic acids is 2. The smallest absolute Gasteiger partial charge is 0.331 e. The lowest BCUT2D eigenvalue weighted by atomic mass is 10.0. The van der Waals surface area contributed by atoms with Crippen molar-refractivity contribution in [2.45, 2.75) is 51.7 Å². The Morgan fingerprint density at radius 2 is 1.83 bits per heavy atom. The van der Waals surface area contributed by atoms with Crippen molar-refractivity contribution in [3.63, 3.8) is 0 Å². The molecule has 3 heterocycles. The summed E-state index contributed by atoms with van der Waals surface area (Å²) in [5.74, 6) is -0.249. The largest absolute Gasteiger partial charge is 0.497 e. The summed E-state index contributed by atoms with van der Waals surface area (Å²) >= 11 is 6.17. The standard InChI is InChI=1S/C30H33ClFN5O5/c1-18(2)37-28(39)23(22-5-4-6-24(32)27(22)31)16-35(30(37)41)17-26(38)34-12-10-20(11-13-34)36-14-9-19-15-21(42-3)7-8-25(19)33-29(36)40/h4-8,15-16,18,20H,9-14,17H2,1-3H3,(H,33,40). The third-order valence-electron chi connectivity index (χ3n) is 7.94. The van der Waals surface area contributed by atoms with Crippen LogP contribution in [-0.2, 0) is 17.8 Å². The molecule has 5 rings (SSSR count). The van der Waals surface area contributed by atoms with Crippen molar-refractivity contribution in [1.29, 1.82) is 0 Å². The van der Waals surface area contributed by atoms with Gasteiger partial charge in [-0.1, -0.05) is 23.7 Å². The summed E-state index contributed by atoms with van der Waals surface area (Å²) in [6, 6.07) is 8.98. The molecular weight excluding hydrogens is 565 g/mol. The number of aromatic nitrogens is 2. The topological polar surface area (TPSA) is 106 Å². The number of anilines is 1. The monoisotopic (exact) mass is 597 g/mol. The maximum Gasteiger partial charge on any atom is 0.331 e. The molecule has 3 amide bonds. The second kappa shape index (κ2) is 12.0. The molecule has 2 aliphatic rings. The van der Waals surface area contributed by atoms with Crippen molar-refractivity contribution in [3.05, 3.63) is 79.8 Å². The summed E-state index contributed by atoms with van der Waals surface area (Å²) in [5.41, 5.74) is 0.711. The summed E-state index contributed by atoms with van der Waals surface area (Å²) in [6.07, 6.45) is 3.13. The van der Waals surface area contributed by atoms with Gasteiger partial charge in [-0.15, -0.1) is 0 Å². The maximum atomic E-state index is 14.2. The molecule has 1 aromatic heterocycles. The number of piperidine rings is 1. The number of nitrogens with one attached hydrogen (secondary N) is 1. The van der Waals surface area contributed by atoms with E-state index in [4.69, 9.17) is 16.3 Å². The Morgan fingerprint density at radius 3 is 2.52 bits per heavy atom. The first-order chi connectivity index (χ1) is 20.1. The van der Waals surface area contributed by atoms with Gasteiger partial charge in [-0.3, -0.25) is 18.7 Å². The zero-order chi connectivity index (χ0) is 30.1. The van der Waals surface area contributed by atoms with Crippen molar-refractivity contribution in [2.24, 2.45) is 0 Å². The van der Waals surface area contributed by atoms with Crippen LogP contribution >= 0.6 is 11.6 Å². The quantitative estimate of drug-likeness (QED) is 0.460. The molecule has 0 saturated carbocycles. The van der Waals surface area contributed by atoms with Gasteiger partial charge >= 0.3 is 11.7 Å². The van der Waals surface area contributed by atoms with E-state index in [9.17, 15) is 23.6 Å². The van der Waals surface area contributed by atoms with E-state index in [-0.39, 0.29) is 40.7 Å². The van der Waals surface area contributed by atoms with Crippen molar-refractivity contribution < 1.29 is 18.7 Å². The fourth-order valence-corrected chi connectivity index (χ4v) is 5.89. The lowest BCUT2D eigenvalue weighted by Crippen LogP contribution is -2.51. The number of halogens is 2. The van der Waals surface area contributed by atoms with Gasteiger partial charge in [0.25, 0.3) is 5.56 Å².